The van der Waals surface area contributed by atoms with Crippen molar-refractivity contribution < 1.29 is 64.3 Å². The van der Waals surface area contributed by atoms with Gasteiger partial charge in [-0.1, -0.05) is 0 Å². The molecule has 0 saturated heterocycles. The molecule has 1 heterocycles. The largest absolute Gasteiger partial charge is 1.00 e. The monoisotopic (exact) mass is 340 g/mol. The molecule has 1 saturated carbocycles. The van der Waals surface area contributed by atoms with Crippen molar-refractivity contribution in [3.63, 3.8) is 0 Å². The van der Waals surface area contributed by atoms with Crippen LogP contribution in [0.5, 0.6) is 0 Å². The van der Waals surface area contributed by atoms with E-state index in [4.69, 9.17) is 0 Å². The van der Waals surface area contributed by atoms with Gasteiger partial charge in [0.05, 0.1) is 9.74 Å². The van der Waals surface area contributed by atoms with Crippen LogP contribution in [0.1, 0.15) is 18.9 Å². The van der Waals surface area contributed by atoms with Crippen molar-refractivity contribution in [2.45, 2.75) is 18.9 Å². The summed E-state index contributed by atoms with van der Waals surface area (Å²) in [5.74, 6) is 0. The Kier molecular flexibility index (Phi) is 4.57. The molecule has 1 aliphatic rings. The minimum Gasteiger partial charge on any atom is -0.444 e. The molecule has 14 heavy (non-hydrogen) atoms. The third-order valence-electron chi connectivity index (χ3n) is 1.94. The van der Waals surface area contributed by atoms with Gasteiger partial charge in [0, 0.05) is 5.59 Å². The molecule has 0 radical (unpaired) electrons. The summed E-state index contributed by atoms with van der Waals surface area (Å²) < 4.78 is 38.8. The van der Waals surface area contributed by atoms with Crippen LogP contribution in [-0.4, -0.2) is 16.8 Å². The quantitative estimate of drug-likeness (QED) is 0.493. The average molecular weight is 340 g/mol. The number of hydrogen-bond acceptors (Lipinski definition) is 1. The average Bonchev–Trinajstić information content (AvgIpc) is 2.73. The molecule has 0 aromatic carbocycles. The Hall–Kier alpha value is 1.43. The summed E-state index contributed by atoms with van der Waals surface area (Å²) in [5.41, 5.74) is -0.726. The number of rotatable bonds is 2. The fourth-order valence-electron chi connectivity index (χ4n) is 1.12. The third kappa shape index (κ3) is 2.97. The van der Waals surface area contributed by atoms with E-state index in [9.17, 15) is 12.9 Å². The van der Waals surface area contributed by atoms with Crippen molar-refractivity contribution >= 4 is 35.2 Å². The van der Waals surface area contributed by atoms with Crippen LogP contribution in [0.3, 0.4) is 0 Å². The second-order valence-electron chi connectivity index (χ2n) is 3.14. The minimum atomic E-state index is -4.94. The van der Waals surface area contributed by atoms with Gasteiger partial charge in [-0.3, -0.25) is 4.68 Å². The van der Waals surface area contributed by atoms with Crippen molar-refractivity contribution in [1.82, 2.24) is 9.78 Å². The van der Waals surface area contributed by atoms with E-state index in [2.05, 4.69) is 5.10 Å². The topological polar surface area (TPSA) is 17.8 Å². The zero-order chi connectivity index (χ0) is 9.64. The predicted molar refractivity (Wildman–Crippen MR) is 51.9 cm³/mol. The van der Waals surface area contributed by atoms with E-state index in [1.54, 1.807) is 0 Å². The minimum absolute atomic E-state index is 0. The van der Waals surface area contributed by atoms with Crippen LogP contribution in [0.2, 0.25) is 0 Å². The van der Waals surface area contributed by atoms with Gasteiger partial charge in [0.15, 0.2) is 0 Å². The van der Waals surface area contributed by atoms with Crippen LogP contribution in [0.25, 0.3) is 0 Å². The summed E-state index contributed by atoms with van der Waals surface area (Å²) in [7, 11) is 0. The van der Waals surface area contributed by atoms with E-state index >= 15 is 0 Å². The molecule has 0 amide bonds. The Morgan fingerprint density at radius 1 is 1.43 bits per heavy atom. The van der Waals surface area contributed by atoms with E-state index in [-0.39, 0.29) is 57.4 Å². The molecule has 2 rings (SSSR count). The molecule has 0 N–H and O–H groups in total. The standard InChI is InChI=1S/C6H6BF3IN2.K/c8-7(9,10)5-3-6(11)13(12-5)4-1-2-4;/h3-4H,1-2H2;/q-1;+1. The predicted octanol–water partition coefficient (Wildman–Crippen LogP) is -1.12. The van der Waals surface area contributed by atoms with E-state index in [0.29, 0.717) is 3.70 Å². The van der Waals surface area contributed by atoms with Crippen molar-refractivity contribution in [2.24, 2.45) is 0 Å². The Bertz CT molecular complexity index is 336. The number of aromatic nitrogens is 2. The van der Waals surface area contributed by atoms with Gasteiger partial charge in [-0.15, -0.1) is 0 Å². The third-order valence-corrected chi connectivity index (χ3v) is 2.74. The first-order valence-electron chi connectivity index (χ1n) is 3.93. The van der Waals surface area contributed by atoms with Gasteiger partial charge in [-0.2, -0.15) is 0 Å². The van der Waals surface area contributed by atoms with Crippen LogP contribution < -0.4 is 57.0 Å². The summed E-state index contributed by atoms with van der Waals surface area (Å²) in [6, 6.07) is 1.32. The van der Waals surface area contributed by atoms with Gasteiger partial charge in [-0.25, -0.2) is 5.10 Å². The molecule has 0 atom stereocenters. The normalized spacial score (nSPS) is 16.6. The SMILES string of the molecule is F[B-](F)(F)c1cc(I)n(C2CC2)n1.[K+]. The summed E-state index contributed by atoms with van der Waals surface area (Å²) in [5, 5.41) is 3.56. The van der Waals surface area contributed by atoms with Gasteiger partial charge in [-0.05, 0) is 41.5 Å². The molecular formula is C6H6BF3IKN2. The Morgan fingerprint density at radius 2 is 2.00 bits per heavy atom. The van der Waals surface area contributed by atoms with E-state index in [1.807, 2.05) is 22.6 Å². The van der Waals surface area contributed by atoms with Crippen LogP contribution in [0, 0.1) is 3.70 Å². The molecular weight excluding hydrogens is 334 g/mol. The number of nitrogens with zero attached hydrogens (tertiary/aromatic N) is 2. The van der Waals surface area contributed by atoms with Crippen molar-refractivity contribution in [3.05, 3.63) is 9.77 Å². The van der Waals surface area contributed by atoms with Gasteiger partial charge >= 0.3 is 58.4 Å². The molecule has 1 aromatic rings. The Labute approximate surface area is 136 Å². The zero-order valence-electron chi connectivity index (χ0n) is 7.55. The van der Waals surface area contributed by atoms with Crippen LogP contribution in [-0.2, 0) is 0 Å². The first kappa shape index (κ1) is 13.5. The molecule has 2 nitrogen and oxygen atoms in total. The maximum Gasteiger partial charge on any atom is 1.00 e. The molecule has 72 valence electrons. The second-order valence-corrected chi connectivity index (χ2v) is 4.25. The van der Waals surface area contributed by atoms with Gasteiger partial charge in [0.1, 0.15) is 0 Å². The van der Waals surface area contributed by atoms with Crippen LogP contribution in [0.4, 0.5) is 12.9 Å². The first-order valence-corrected chi connectivity index (χ1v) is 5.01. The number of halogens is 4. The maximum atomic E-state index is 12.2. The molecule has 1 aromatic heterocycles. The molecule has 8 heteroatoms. The fraction of sp³-hybridized carbons (Fsp3) is 0.500. The zero-order valence-corrected chi connectivity index (χ0v) is 12.8. The number of hydrogen-bond donors (Lipinski definition) is 0. The summed E-state index contributed by atoms with van der Waals surface area (Å²) >= 11 is 1.89. The molecule has 0 spiro atoms. The summed E-state index contributed by atoms with van der Waals surface area (Å²) in [6.07, 6.45) is 1.89. The van der Waals surface area contributed by atoms with Crippen LogP contribution >= 0.6 is 22.6 Å². The van der Waals surface area contributed by atoms with Crippen molar-refractivity contribution in [2.75, 3.05) is 0 Å². The summed E-state index contributed by atoms with van der Waals surface area (Å²) in [4.78, 5) is 0. The van der Waals surface area contributed by atoms with Crippen molar-refractivity contribution in [1.29, 1.82) is 0 Å². The molecule has 0 bridgehead atoms. The van der Waals surface area contributed by atoms with Gasteiger partial charge < -0.3 is 12.9 Å². The second kappa shape index (κ2) is 4.74. The maximum absolute atomic E-state index is 12.2. The Morgan fingerprint density at radius 3 is 2.36 bits per heavy atom. The first-order chi connectivity index (χ1) is 5.98. The smallest absolute Gasteiger partial charge is 0.444 e. The molecule has 1 aliphatic carbocycles. The van der Waals surface area contributed by atoms with E-state index in [0.717, 1.165) is 18.9 Å². The summed E-state index contributed by atoms with van der Waals surface area (Å²) in [6.45, 7) is -4.94. The van der Waals surface area contributed by atoms with Crippen LogP contribution in [0.15, 0.2) is 6.07 Å². The van der Waals surface area contributed by atoms with E-state index < -0.39 is 12.6 Å². The fourth-order valence-corrected chi connectivity index (χ4v) is 1.95. The molecule has 0 aliphatic heterocycles. The molecule has 0 unspecified atom stereocenters. The van der Waals surface area contributed by atoms with Gasteiger partial charge in [0.25, 0.3) is 0 Å². The van der Waals surface area contributed by atoms with Crippen molar-refractivity contribution in [3.8, 4) is 0 Å². The molecule has 1 fully saturated rings. The Balaban J connectivity index is 0.000000980. The van der Waals surface area contributed by atoms with E-state index in [1.165, 1.54) is 4.68 Å². The van der Waals surface area contributed by atoms with Gasteiger partial charge in [0.2, 0.25) is 0 Å².